The minimum Gasteiger partial charge on any atom is -0.374 e. The summed E-state index contributed by atoms with van der Waals surface area (Å²) in [5.74, 6) is -0.105. The van der Waals surface area contributed by atoms with Crippen LogP contribution in [0.3, 0.4) is 0 Å². The van der Waals surface area contributed by atoms with Gasteiger partial charge in [-0.15, -0.1) is 4.99 Å². The molecule has 0 aliphatic carbocycles. The van der Waals surface area contributed by atoms with Crippen LogP contribution in [0.15, 0.2) is 76.8 Å². The van der Waals surface area contributed by atoms with Gasteiger partial charge in [0.1, 0.15) is 12.0 Å². The molecule has 0 bridgehead atoms. The molecule has 3 aromatic carbocycles. The summed E-state index contributed by atoms with van der Waals surface area (Å²) in [6, 6.07) is 17.8. The molecule has 242 valence electrons. The Morgan fingerprint density at radius 3 is 1.75 bits per heavy atom. The second-order valence-electron chi connectivity index (χ2n) is 13.2. The number of anilines is 2. The minimum atomic E-state index is -1.69. The predicted octanol–water partition coefficient (Wildman–Crippen LogP) is 6.84. The summed E-state index contributed by atoms with van der Waals surface area (Å²) >= 11 is 0. The number of carbonyl (C=O) groups is 1. The molecule has 0 aromatic heterocycles. The van der Waals surface area contributed by atoms with E-state index in [4.69, 9.17) is 13.1 Å². The van der Waals surface area contributed by atoms with Crippen LogP contribution in [0, 0.1) is 13.1 Å². The summed E-state index contributed by atoms with van der Waals surface area (Å²) in [6.45, 7) is 21.5. The Hall–Kier alpha value is -5.18. The zero-order chi connectivity index (χ0) is 33.3. The van der Waals surface area contributed by atoms with Gasteiger partial charge in [-0.25, -0.2) is 0 Å². The van der Waals surface area contributed by atoms with Gasteiger partial charge >= 0.3 is 0 Å². The zero-order valence-corrected chi connectivity index (χ0v) is 27.4. The van der Waals surface area contributed by atoms with Crippen LogP contribution >= 0.6 is 0 Å². The highest BCUT2D eigenvalue weighted by atomic mass is 16.3. The number of nitrogens with zero attached hydrogens (tertiary/aromatic N) is 5. The van der Waals surface area contributed by atoms with E-state index in [1.807, 2.05) is 36.4 Å². The van der Waals surface area contributed by atoms with E-state index in [-0.39, 0.29) is 11.6 Å². The van der Waals surface area contributed by atoms with Crippen molar-refractivity contribution in [3.63, 3.8) is 0 Å². The Morgan fingerprint density at radius 2 is 1.29 bits per heavy atom. The van der Waals surface area contributed by atoms with Crippen molar-refractivity contribution in [1.82, 2.24) is 5.32 Å². The highest BCUT2D eigenvalue weighted by molar-refractivity contribution is 6.05. The SMILES string of the molecule is O=Cc1cc2c3c(c1)CCCN3CCC2.[C-]#[N+]C1=C([N+]#[C-])NC(O)(c2ccccc2)C(=Cc2cc3c4c(c2)CCCN4CCC3)C(C)=N1. The van der Waals surface area contributed by atoms with Crippen molar-refractivity contribution in [3.05, 3.63) is 134 Å². The van der Waals surface area contributed by atoms with Crippen molar-refractivity contribution < 1.29 is 9.90 Å². The summed E-state index contributed by atoms with van der Waals surface area (Å²) in [6.07, 6.45) is 12.1. The fraction of sp³-hybridized carbons (Fsp3) is 0.350. The van der Waals surface area contributed by atoms with Crippen molar-refractivity contribution >= 4 is 29.4 Å². The van der Waals surface area contributed by atoms with E-state index in [2.05, 4.69) is 54.1 Å². The van der Waals surface area contributed by atoms with Gasteiger partial charge in [-0.05, 0) is 110 Å². The van der Waals surface area contributed by atoms with Crippen LogP contribution in [0.4, 0.5) is 11.4 Å². The number of aliphatic hydroxyl groups is 1. The third-order valence-electron chi connectivity index (χ3n) is 10.1. The lowest BCUT2D eigenvalue weighted by molar-refractivity contribution is 0.0581. The Morgan fingerprint density at radius 1 is 0.792 bits per heavy atom. The normalized spacial score (nSPS) is 21.7. The first-order chi connectivity index (χ1) is 23.4. The van der Waals surface area contributed by atoms with Crippen LogP contribution in [-0.4, -0.2) is 43.3 Å². The number of hydrogen-bond donors (Lipinski definition) is 2. The van der Waals surface area contributed by atoms with E-state index in [0.29, 0.717) is 16.8 Å². The van der Waals surface area contributed by atoms with Gasteiger partial charge in [0, 0.05) is 55.6 Å². The van der Waals surface area contributed by atoms with Crippen molar-refractivity contribution in [3.8, 4) is 0 Å². The monoisotopic (exact) mass is 636 g/mol. The largest absolute Gasteiger partial charge is 0.374 e. The van der Waals surface area contributed by atoms with E-state index in [0.717, 1.165) is 69.0 Å². The van der Waals surface area contributed by atoms with Gasteiger partial charge in [-0.2, -0.15) is 0 Å². The molecule has 0 spiro atoms. The molecule has 0 saturated heterocycles. The zero-order valence-electron chi connectivity index (χ0n) is 27.4. The number of aliphatic imine (C=N–C) groups is 1. The molecule has 8 nitrogen and oxygen atoms in total. The molecule has 0 amide bonds. The number of rotatable bonds is 3. The number of carbonyl (C=O) groups excluding carboxylic acids is 1. The summed E-state index contributed by atoms with van der Waals surface area (Å²) in [5, 5.41) is 14.9. The van der Waals surface area contributed by atoms with Crippen molar-refractivity contribution in [1.29, 1.82) is 0 Å². The van der Waals surface area contributed by atoms with Gasteiger partial charge < -0.3 is 29.9 Å². The summed E-state index contributed by atoms with van der Waals surface area (Å²) in [5.41, 5.74) is 10.1. The maximum Gasteiger partial charge on any atom is 0.289 e. The topological polar surface area (TPSA) is 76.9 Å². The molecule has 0 radical (unpaired) electrons. The fourth-order valence-electron chi connectivity index (χ4n) is 8.08. The Bertz CT molecular complexity index is 1880. The molecule has 5 aliphatic heterocycles. The number of aryl methyl sites for hydroxylation is 4. The van der Waals surface area contributed by atoms with Crippen molar-refractivity contribution in [2.75, 3.05) is 36.0 Å². The van der Waals surface area contributed by atoms with Gasteiger partial charge in [0.25, 0.3) is 5.82 Å². The molecule has 8 heteroatoms. The number of hydrogen-bond acceptors (Lipinski definition) is 6. The van der Waals surface area contributed by atoms with Gasteiger partial charge in [-0.1, -0.05) is 43.5 Å². The van der Waals surface area contributed by atoms with Crippen molar-refractivity contribution in [2.45, 2.75) is 64.0 Å². The van der Waals surface area contributed by atoms with E-state index in [9.17, 15) is 9.90 Å². The second kappa shape index (κ2) is 13.1. The molecule has 0 fully saturated rings. The first kappa shape index (κ1) is 31.4. The van der Waals surface area contributed by atoms with E-state index in [1.54, 1.807) is 6.92 Å². The number of benzene rings is 3. The molecule has 1 unspecified atom stereocenters. The first-order valence-electron chi connectivity index (χ1n) is 17.0. The molecule has 5 heterocycles. The average Bonchev–Trinajstić information content (AvgIpc) is 3.23. The number of aldehydes is 1. The third kappa shape index (κ3) is 5.78. The number of nitrogens with one attached hydrogen (secondary N) is 1. The van der Waals surface area contributed by atoms with Gasteiger partial charge in [0.15, 0.2) is 0 Å². The fourth-order valence-corrected chi connectivity index (χ4v) is 8.08. The Balaban J connectivity index is 0.000000201. The van der Waals surface area contributed by atoms with Crippen molar-refractivity contribution in [2.24, 2.45) is 4.99 Å². The van der Waals surface area contributed by atoms with Gasteiger partial charge in [-0.3, -0.25) is 4.79 Å². The summed E-state index contributed by atoms with van der Waals surface area (Å²) in [4.78, 5) is 27.2. The van der Waals surface area contributed by atoms with E-state index in [1.165, 1.54) is 59.6 Å². The average molecular weight is 637 g/mol. The maximum absolute atomic E-state index is 12.0. The van der Waals surface area contributed by atoms with Crippen LogP contribution in [0.5, 0.6) is 0 Å². The quantitative estimate of drug-likeness (QED) is 0.243. The third-order valence-corrected chi connectivity index (χ3v) is 10.1. The molecule has 5 aliphatic rings. The smallest absolute Gasteiger partial charge is 0.289 e. The molecular formula is C40H40N6O2. The predicted molar refractivity (Wildman–Crippen MR) is 191 cm³/mol. The second-order valence-corrected chi connectivity index (χ2v) is 13.2. The van der Waals surface area contributed by atoms with E-state index >= 15 is 0 Å². The summed E-state index contributed by atoms with van der Waals surface area (Å²) < 4.78 is 0. The highest BCUT2D eigenvalue weighted by Crippen LogP contribution is 2.39. The van der Waals surface area contributed by atoms with Crippen LogP contribution in [-0.2, 0) is 31.4 Å². The molecule has 48 heavy (non-hydrogen) atoms. The maximum atomic E-state index is 12.0. The van der Waals surface area contributed by atoms with Crippen LogP contribution in [0.25, 0.3) is 15.8 Å². The van der Waals surface area contributed by atoms with E-state index < -0.39 is 5.72 Å². The first-order valence-corrected chi connectivity index (χ1v) is 17.0. The van der Waals surface area contributed by atoms with Gasteiger partial charge in [0.05, 0.1) is 5.57 Å². The van der Waals surface area contributed by atoms with Gasteiger partial charge in [0.2, 0.25) is 11.5 Å². The lowest BCUT2D eigenvalue weighted by Crippen LogP contribution is -2.44. The molecule has 2 N–H and O–H groups in total. The molecule has 0 saturated carbocycles. The lowest BCUT2D eigenvalue weighted by atomic mass is 9.87. The van der Waals surface area contributed by atoms with Crippen LogP contribution < -0.4 is 15.1 Å². The molecular weight excluding hydrogens is 596 g/mol. The van der Waals surface area contributed by atoms with Crippen LogP contribution in [0.2, 0.25) is 0 Å². The van der Waals surface area contributed by atoms with Crippen LogP contribution in [0.1, 0.15) is 76.3 Å². The minimum absolute atomic E-state index is 0.0450. The lowest BCUT2D eigenvalue weighted by Gasteiger charge is -2.37. The molecule has 8 rings (SSSR count). The highest BCUT2D eigenvalue weighted by Gasteiger charge is 2.43. The Kier molecular flexibility index (Phi) is 8.60. The molecule has 3 aromatic rings. The Labute approximate surface area is 282 Å². The molecule has 1 atom stereocenters. The standard InChI is InChI=1S/C27H25N5O.C13H15NO/c1-18-23(17-19-15-20-9-7-13-32-14-8-10-21(16-19)24(20)32)27(33,22-11-5-4-6-12-22)31-26(29-3)25(28-2)30-18;15-9-10-7-11-3-1-5-14-6-2-4-12(8-10)13(11)14/h4-6,11-12,15-17,31,33H,7-10,13-14H2,1H3;7-9H,1-6H2. The summed E-state index contributed by atoms with van der Waals surface area (Å²) in [7, 11) is 0.